The molecule has 4 fully saturated rings. The highest BCUT2D eigenvalue weighted by molar-refractivity contribution is 6.05. The van der Waals surface area contributed by atoms with E-state index in [9.17, 15) is 14.4 Å². The molecule has 0 amide bonds. The SMILES string of the molecule is CC1=C2CC[C@]3(C)[C@@H]4C(=O)[C@@H](C)O[C@@H]5OC(=O)[C@](C)(C[C@H]3[C@]2(C)C=CC1=O)[C@@H]54. The van der Waals surface area contributed by atoms with Gasteiger partial charge >= 0.3 is 5.97 Å². The van der Waals surface area contributed by atoms with Gasteiger partial charge in [0.1, 0.15) is 6.10 Å². The van der Waals surface area contributed by atoms with E-state index in [0.717, 1.165) is 18.4 Å². The molecule has 0 bridgehead atoms. The van der Waals surface area contributed by atoms with Gasteiger partial charge in [-0.2, -0.15) is 0 Å². The molecule has 2 heterocycles. The molecule has 0 aromatic rings. The van der Waals surface area contributed by atoms with Crippen molar-refractivity contribution in [2.45, 2.75) is 66.3 Å². The molecule has 0 N–H and O–H groups in total. The maximum Gasteiger partial charge on any atom is 0.314 e. The number of Topliss-reactive ketones (excluding diaryl/α,β-unsaturated/α-hetero) is 1. The van der Waals surface area contributed by atoms with E-state index in [0.29, 0.717) is 6.42 Å². The summed E-state index contributed by atoms with van der Waals surface area (Å²) in [6.45, 7) is 10.0. The molecule has 5 heteroatoms. The van der Waals surface area contributed by atoms with E-state index in [1.54, 1.807) is 13.0 Å². The van der Waals surface area contributed by atoms with Crippen LogP contribution >= 0.6 is 0 Å². The Labute approximate surface area is 165 Å². The van der Waals surface area contributed by atoms with Crippen molar-refractivity contribution in [3.63, 3.8) is 0 Å². The Bertz CT molecular complexity index is 883. The molecule has 5 rings (SSSR count). The summed E-state index contributed by atoms with van der Waals surface area (Å²) >= 11 is 0. The third kappa shape index (κ3) is 1.89. The van der Waals surface area contributed by atoms with Crippen molar-refractivity contribution in [3.05, 3.63) is 23.3 Å². The lowest BCUT2D eigenvalue weighted by molar-refractivity contribution is -0.227. The maximum atomic E-state index is 13.4. The molecular weight excluding hydrogens is 356 g/mol. The molecule has 2 aliphatic heterocycles. The fraction of sp³-hybridized carbons (Fsp3) is 0.696. The van der Waals surface area contributed by atoms with E-state index in [1.807, 2.05) is 19.9 Å². The van der Waals surface area contributed by atoms with Crippen molar-refractivity contribution in [1.82, 2.24) is 0 Å². The smallest absolute Gasteiger partial charge is 0.314 e. The summed E-state index contributed by atoms with van der Waals surface area (Å²) in [5, 5.41) is 0. The van der Waals surface area contributed by atoms with Gasteiger partial charge < -0.3 is 9.47 Å². The second kappa shape index (κ2) is 5.24. The number of hydrogen-bond donors (Lipinski definition) is 0. The number of carbonyl (C=O) groups is 3. The molecule has 28 heavy (non-hydrogen) atoms. The van der Waals surface area contributed by atoms with Gasteiger partial charge in [-0.15, -0.1) is 0 Å². The van der Waals surface area contributed by atoms with Crippen molar-refractivity contribution >= 4 is 17.5 Å². The zero-order chi connectivity index (χ0) is 20.2. The molecule has 0 unspecified atom stereocenters. The molecule has 5 nitrogen and oxygen atoms in total. The van der Waals surface area contributed by atoms with E-state index >= 15 is 0 Å². The number of allylic oxidation sites excluding steroid dienone is 4. The third-order valence-corrected chi connectivity index (χ3v) is 8.95. The molecular formula is C23H28O5. The number of rotatable bonds is 0. The number of ether oxygens (including phenoxy) is 2. The van der Waals surface area contributed by atoms with Crippen molar-refractivity contribution in [1.29, 1.82) is 0 Å². The molecule has 2 saturated carbocycles. The van der Waals surface area contributed by atoms with E-state index in [2.05, 4.69) is 13.8 Å². The number of ketones is 2. The van der Waals surface area contributed by atoms with Crippen LogP contribution in [0.15, 0.2) is 23.3 Å². The van der Waals surface area contributed by atoms with Crippen molar-refractivity contribution in [2.75, 3.05) is 0 Å². The van der Waals surface area contributed by atoms with Gasteiger partial charge in [-0.3, -0.25) is 14.4 Å². The van der Waals surface area contributed by atoms with Gasteiger partial charge in [0.05, 0.1) is 5.41 Å². The van der Waals surface area contributed by atoms with Crippen LogP contribution in [0.3, 0.4) is 0 Å². The van der Waals surface area contributed by atoms with Crippen molar-refractivity contribution < 1.29 is 23.9 Å². The zero-order valence-corrected chi connectivity index (χ0v) is 17.2. The quantitative estimate of drug-likeness (QED) is 0.599. The maximum absolute atomic E-state index is 13.4. The molecule has 5 aliphatic rings. The average Bonchev–Trinajstić information content (AvgIpc) is 2.87. The fourth-order valence-corrected chi connectivity index (χ4v) is 7.35. The Kier molecular flexibility index (Phi) is 3.42. The van der Waals surface area contributed by atoms with Gasteiger partial charge in [-0.05, 0) is 63.0 Å². The molecule has 3 aliphatic carbocycles. The second-order valence-electron chi connectivity index (χ2n) is 10.2. The van der Waals surface area contributed by atoms with Crippen LogP contribution in [-0.2, 0) is 23.9 Å². The minimum absolute atomic E-state index is 0.0760. The molecule has 0 aromatic carbocycles. The predicted octanol–water partition coefficient (Wildman–Crippen LogP) is 3.38. The topological polar surface area (TPSA) is 69.7 Å². The lowest BCUT2D eigenvalue weighted by Crippen LogP contribution is -2.64. The lowest BCUT2D eigenvalue weighted by atomic mass is 9.39. The molecule has 2 saturated heterocycles. The first kappa shape index (κ1) is 18.3. The van der Waals surface area contributed by atoms with Crippen molar-refractivity contribution in [2.24, 2.45) is 34.0 Å². The Morgan fingerprint density at radius 2 is 1.86 bits per heavy atom. The number of hydrogen-bond acceptors (Lipinski definition) is 5. The Morgan fingerprint density at radius 3 is 2.57 bits per heavy atom. The fourth-order valence-electron chi connectivity index (χ4n) is 7.35. The van der Waals surface area contributed by atoms with Gasteiger partial charge in [0, 0.05) is 17.3 Å². The van der Waals surface area contributed by atoms with Crippen LogP contribution < -0.4 is 0 Å². The summed E-state index contributed by atoms with van der Waals surface area (Å²) in [7, 11) is 0. The summed E-state index contributed by atoms with van der Waals surface area (Å²) in [4.78, 5) is 38.6. The van der Waals surface area contributed by atoms with E-state index in [1.165, 1.54) is 5.57 Å². The average molecular weight is 384 g/mol. The first-order chi connectivity index (χ1) is 13.0. The number of carbonyl (C=O) groups excluding carboxylic acids is 3. The van der Waals surface area contributed by atoms with Gasteiger partial charge in [-0.25, -0.2) is 0 Å². The van der Waals surface area contributed by atoms with Gasteiger partial charge in [0.15, 0.2) is 11.6 Å². The standard InChI is InChI=1S/C23H28O5/c1-11-13-6-8-22(4)15(21(13,3)9-7-14(11)24)10-23(5)17-16(22)18(25)12(2)27-19(17)28-20(23)26/h7,9,12,15-17,19H,6,8,10H2,1-5H3/t12-,15+,16+,17-,19-,21-,22+,23-/m1/s1. The molecule has 150 valence electrons. The minimum Gasteiger partial charge on any atom is -0.435 e. The minimum atomic E-state index is -0.732. The molecule has 0 radical (unpaired) electrons. The largest absolute Gasteiger partial charge is 0.435 e. The first-order valence-electron chi connectivity index (χ1n) is 10.4. The first-order valence-corrected chi connectivity index (χ1v) is 10.4. The highest BCUT2D eigenvalue weighted by atomic mass is 16.7. The van der Waals surface area contributed by atoms with Crippen LogP contribution in [0, 0.1) is 34.0 Å². The van der Waals surface area contributed by atoms with E-state index in [-0.39, 0.29) is 46.1 Å². The van der Waals surface area contributed by atoms with E-state index < -0.39 is 17.8 Å². The Morgan fingerprint density at radius 1 is 1.14 bits per heavy atom. The second-order valence-corrected chi connectivity index (χ2v) is 10.2. The van der Waals surface area contributed by atoms with Crippen LogP contribution in [0.2, 0.25) is 0 Å². The van der Waals surface area contributed by atoms with Crippen LogP contribution in [0.4, 0.5) is 0 Å². The monoisotopic (exact) mass is 384 g/mol. The van der Waals surface area contributed by atoms with Crippen LogP contribution in [0.1, 0.15) is 53.9 Å². The zero-order valence-electron chi connectivity index (χ0n) is 17.2. The molecule has 0 spiro atoms. The number of fused-ring (bicyclic) bond motifs is 4. The van der Waals surface area contributed by atoms with Crippen LogP contribution in [0.5, 0.6) is 0 Å². The summed E-state index contributed by atoms with van der Waals surface area (Å²) < 4.78 is 11.5. The van der Waals surface area contributed by atoms with Gasteiger partial charge in [0.2, 0.25) is 6.29 Å². The third-order valence-electron chi connectivity index (χ3n) is 8.95. The van der Waals surface area contributed by atoms with Crippen LogP contribution in [-0.4, -0.2) is 29.9 Å². The van der Waals surface area contributed by atoms with Gasteiger partial charge in [0.25, 0.3) is 0 Å². The highest BCUT2D eigenvalue weighted by Gasteiger charge is 2.73. The Balaban J connectivity index is 1.71. The van der Waals surface area contributed by atoms with Gasteiger partial charge in [-0.1, -0.05) is 25.5 Å². The number of esters is 1. The summed E-state index contributed by atoms with van der Waals surface area (Å²) in [5.74, 6) is -0.470. The van der Waals surface area contributed by atoms with Crippen LogP contribution in [0.25, 0.3) is 0 Å². The normalized spacial score (nSPS) is 52.2. The summed E-state index contributed by atoms with van der Waals surface area (Å²) in [6.07, 6.45) is 4.84. The Hall–Kier alpha value is -1.75. The predicted molar refractivity (Wildman–Crippen MR) is 101 cm³/mol. The summed E-state index contributed by atoms with van der Waals surface area (Å²) in [5.41, 5.74) is 0.704. The lowest BCUT2D eigenvalue weighted by Gasteiger charge is -2.63. The van der Waals surface area contributed by atoms with Crippen molar-refractivity contribution in [3.8, 4) is 0 Å². The summed E-state index contributed by atoms with van der Waals surface area (Å²) in [6, 6.07) is 0. The highest BCUT2D eigenvalue weighted by Crippen LogP contribution is 2.70. The molecule has 8 atom stereocenters. The van der Waals surface area contributed by atoms with E-state index in [4.69, 9.17) is 9.47 Å². The molecule has 0 aromatic heterocycles.